The van der Waals surface area contributed by atoms with E-state index in [-0.39, 0.29) is 5.57 Å². The number of allylic oxidation sites excluding steroid dienone is 2. The summed E-state index contributed by atoms with van der Waals surface area (Å²) in [5, 5.41) is 0.349. The summed E-state index contributed by atoms with van der Waals surface area (Å²) in [6.07, 6.45) is 5.23. The third-order valence-corrected chi connectivity index (χ3v) is 2.55. The van der Waals surface area contributed by atoms with Crippen molar-refractivity contribution in [2.45, 2.75) is 19.8 Å². The van der Waals surface area contributed by atoms with Crippen LogP contribution in [-0.4, -0.2) is 12.5 Å². The fourth-order valence-corrected chi connectivity index (χ4v) is 1.25. The van der Waals surface area contributed by atoms with Gasteiger partial charge in [0.15, 0.2) is 0 Å². The number of carbonyl (C=O) groups excluding carboxylic acids is 1. The summed E-state index contributed by atoms with van der Waals surface area (Å²) in [6, 6.07) is 0. The van der Waals surface area contributed by atoms with Crippen molar-refractivity contribution in [3.8, 4) is 0 Å². The molecule has 17 heavy (non-hydrogen) atoms. The molecule has 3 N–H and O–H groups in total. The Morgan fingerprint density at radius 1 is 1.65 bits per heavy atom. The molecule has 0 aromatic carbocycles. The second-order valence-corrected chi connectivity index (χ2v) is 4.55. The lowest BCUT2D eigenvalue weighted by Gasteiger charge is -2.07. The van der Waals surface area contributed by atoms with Crippen LogP contribution in [0.3, 0.4) is 0 Å². The molecule has 1 rings (SSSR count). The molecule has 1 aliphatic rings. The number of amides is 1. The molecule has 0 bridgehead atoms. The van der Waals surface area contributed by atoms with Crippen molar-refractivity contribution < 1.29 is 9.63 Å². The van der Waals surface area contributed by atoms with E-state index in [0.717, 1.165) is 12.8 Å². The van der Waals surface area contributed by atoms with E-state index in [9.17, 15) is 4.79 Å². The van der Waals surface area contributed by atoms with Crippen LogP contribution in [0.15, 0.2) is 35.0 Å². The summed E-state index contributed by atoms with van der Waals surface area (Å²) in [6.45, 7) is 5.66. The quantitative estimate of drug-likeness (QED) is 0.434. The first-order valence-corrected chi connectivity index (χ1v) is 5.80. The van der Waals surface area contributed by atoms with E-state index in [2.05, 4.69) is 12.1 Å². The van der Waals surface area contributed by atoms with Crippen LogP contribution in [-0.2, 0) is 9.63 Å². The molecule has 0 aromatic rings. The van der Waals surface area contributed by atoms with Gasteiger partial charge in [-0.1, -0.05) is 18.2 Å². The normalized spacial score (nSPS) is 17.4. The highest BCUT2D eigenvalue weighted by Crippen LogP contribution is 2.28. The Morgan fingerprint density at radius 2 is 2.29 bits per heavy atom. The molecule has 1 fully saturated rings. The standard InChI is InChI=1S/C12H17ClN2O2/c1-3-10(14)6-11(8(2)13)12(16)15-17-7-9-4-5-9/h3,6,9H,1,4-5,7,14H2,2H3,(H,15,16)/b10-6+,11-8-. The van der Waals surface area contributed by atoms with Gasteiger partial charge in [0.2, 0.25) is 0 Å². The van der Waals surface area contributed by atoms with Crippen LogP contribution in [0.25, 0.3) is 0 Å². The van der Waals surface area contributed by atoms with Crippen molar-refractivity contribution >= 4 is 17.5 Å². The van der Waals surface area contributed by atoms with Crippen molar-refractivity contribution in [1.82, 2.24) is 5.48 Å². The highest BCUT2D eigenvalue weighted by Gasteiger charge is 2.22. The SMILES string of the molecule is C=C/C(N)=C\C(C(=O)NOCC1CC1)=C(/C)Cl. The zero-order valence-corrected chi connectivity index (χ0v) is 10.6. The van der Waals surface area contributed by atoms with E-state index >= 15 is 0 Å². The molecule has 0 unspecified atom stereocenters. The lowest BCUT2D eigenvalue weighted by molar-refractivity contribution is -0.129. The molecule has 5 heteroatoms. The number of rotatable bonds is 6. The second kappa shape index (κ2) is 6.47. The molecule has 0 spiro atoms. The first-order chi connectivity index (χ1) is 8.04. The van der Waals surface area contributed by atoms with Gasteiger partial charge in [0.05, 0.1) is 12.2 Å². The van der Waals surface area contributed by atoms with Gasteiger partial charge >= 0.3 is 0 Å². The summed E-state index contributed by atoms with van der Waals surface area (Å²) in [4.78, 5) is 16.8. The predicted molar refractivity (Wildman–Crippen MR) is 67.8 cm³/mol. The molecule has 0 radical (unpaired) electrons. The lowest BCUT2D eigenvalue weighted by atomic mass is 10.2. The van der Waals surface area contributed by atoms with Crippen molar-refractivity contribution in [1.29, 1.82) is 0 Å². The van der Waals surface area contributed by atoms with Crippen molar-refractivity contribution in [3.63, 3.8) is 0 Å². The summed E-state index contributed by atoms with van der Waals surface area (Å²) in [5.74, 6) is 0.177. The Morgan fingerprint density at radius 3 is 2.76 bits per heavy atom. The van der Waals surface area contributed by atoms with E-state index in [1.165, 1.54) is 12.2 Å². The molecular formula is C12H17ClN2O2. The summed E-state index contributed by atoms with van der Waals surface area (Å²) < 4.78 is 0. The number of nitrogens with two attached hydrogens (primary N) is 1. The molecule has 0 aromatic heterocycles. The Labute approximate surface area is 106 Å². The Balaban J connectivity index is 2.54. The molecule has 1 saturated carbocycles. The Bertz CT molecular complexity index is 367. The average Bonchev–Trinajstić information content (AvgIpc) is 3.08. The maximum atomic E-state index is 11.7. The Kier molecular flexibility index (Phi) is 5.25. The van der Waals surface area contributed by atoms with Crippen molar-refractivity contribution in [2.75, 3.05) is 6.61 Å². The number of hydrogen-bond acceptors (Lipinski definition) is 3. The zero-order chi connectivity index (χ0) is 12.8. The van der Waals surface area contributed by atoms with Crippen LogP contribution >= 0.6 is 11.6 Å². The second-order valence-electron chi connectivity index (χ2n) is 3.98. The molecule has 0 saturated heterocycles. The summed E-state index contributed by atoms with van der Waals surface area (Å²) in [7, 11) is 0. The summed E-state index contributed by atoms with van der Waals surface area (Å²) in [5.41, 5.74) is 8.57. The number of hydroxylamine groups is 1. The zero-order valence-electron chi connectivity index (χ0n) is 9.83. The van der Waals surface area contributed by atoms with Gasteiger partial charge in [0.25, 0.3) is 5.91 Å². The molecule has 1 aliphatic carbocycles. The molecule has 1 amide bonds. The highest BCUT2D eigenvalue weighted by atomic mass is 35.5. The monoisotopic (exact) mass is 256 g/mol. The largest absolute Gasteiger partial charge is 0.399 e. The molecule has 94 valence electrons. The number of hydrogen-bond donors (Lipinski definition) is 2. The molecule has 0 atom stereocenters. The molecule has 0 heterocycles. The minimum atomic E-state index is -0.400. The molecule has 4 nitrogen and oxygen atoms in total. The molecule has 0 aliphatic heterocycles. The number of nitrogens with one attached hydrogen (secondary N) is 1. The minimum absolute atomic E-state index is 0.278. The lowest BCUT2D eigenvalue weighted by Crippen LogP contribution is -2.26. The highest BCUT2D eigenvalue weighted by molar-refractivity contribution is 6.31. The van der Waals surface area contributed by atoms with Crippen LogP contribution in [0.1, 0.15) is 19.8 Å². The third-order valence-electron chi connectivity index (χ3n) is 2.34. The van der Waals surface area contributed by atoms with Gasteiger partial charge < -0.3 is 5.73 Å². The number of halogens is 1. The van der Waals surface area contributed by atoms with E-state index in [4.69, 9.17) is 22.2 Å². The maximum Gasteiger partial charge on any atom is 0.276 e. The van der Waals surface area contributed by atoms with E-state index < -0.39 is 5.91 Å². The third kappa shape index (κ3) is 5.06. The van der Waals surface area contributed by atoms with Crippen LogP contribution < -0.4 is 11.2 Å². The first-order valence-electron chi connectivity index (χ1n) is 5.42. The van der Waals surface area contributed by atoms with Crippen LogP contribution in [0.5, 0.6) is 0 Å². The van der Waals surface area contributed by atoms with E-state index in [1.54, 1.807) is 6.92 Å². The van der Waals surface area contributed by atoms with Gasteiger partial charge in [-0.3, -0.25) is 9.63 Å². The van der Waals surface area contributed by atoms with E-state index in [0.29, 0.717) is 23.3 Å². The van der Waals surface area contributed by atoms with Crippen LogP contribution in [0.2, 0.25) is 0 Å². The van der Waals surface area contributed by atoms with Crippen LogP contribution in [0, 0.1) is 5.92 Å². The smallest absolute Gasteiger partial charge is 0.276 e. The van der Waals surface area contributed by atoms with Gasteiger partial charge in [0, 0.05) is 10.7 Å². The fraction of sp³-hybridized carbons (Fsp3) is 0.417. The van der Waals surface area contributed by atoms with Gasteiger partial charge in [-0.2, -0.15) is 0 Å². The first kappa shape index (κ1) is 13.8. The topological polar surface area (TPSA) is 64.4 Å². The van der Waals surface area contributed by atoms with Gasteiger partial charge in [0.1, 0.15) is 0 Å². The van der Waals surface area contributed by atoms with Crippen molar-refractivity contribution in [2.24, 2.45) is 11.7 Å². The predicted octanol–water partition coefficient (Wildman–Crippen LogP) is 1.99. The maximum absolute atomic E-state index is 11.7. The molecular weight excluding hydrogens is 240 g/mol. The van der Waals surface area contributed by atoms with Gasteiger partial charge in [-0.15, -0.1) is 0 Å². The number of carbonyl (C=O) groups is 1. The van der Waals surface area contributed by atoms with Crippen molar-refractivity contribution in [3.05, 3.63) is 35.0 Å². The minimum Gasteiger partial charge on any atom is -0.399 e. The van der Waals surface area contributed by atoms with Gasteiger partial charge in [-0.05, 0) is 37.8 Å². The van der Waals surface area contributed by atoms with Gasteiger partial charge in [-0.25, -0.2) is 5.48 Å². The van der Waals surface area contributed by atoms with E-state index in [1.807, 2.05) is 0 Å². The summed E-state index contributed by atoms with van der Waals surface area (Å²) >= 11 is 5.82. The van der Waals surface area contributed by atoms with Crippen LogP contribution in [0.4, 0.5) is 0 Å². The fourth-order valence-electron chi connectivity index (χ4n) is 1.11. The Hall–Kier alpha value is -1.26. The average molecular weight is 257 g/mol.